The van der Waals surface area contributed by atoms with Crippen LogP contribution in [0.15, 0.2) is 42.5 Å². The van der Waals surface area contributed by atoms with Gasteiger partial charge in [-0.2, -0.15) is 0 Å². The summed E-state index contributed by atoms with van der Waals surface area (Å²) in [5.41, 5.74) is 1.97. The molecule has 8 heteroatoms. The van der Waals surface area contributed by atoms with E-state index in [1.54, 1.807) is 25.1 Å². The highest BCUT2D eigenvalue weighted by Crippen LogP contribution is 2.49. The number of fused-ring (bicyclic) bond motifs is 2. The van der Waals surface area contributed by atoms with Gasteiger partial charge < -0.3 is 35.3 Å². The molecule has 2 aliphatic rings. The molecule has 2 heterocycles. The van der Waals surface area contributed by atoms with E-state index in [1.165, 1.54) is 0 Å². The van der Waals surface area contributed by atoms with Crippen molar-refractivity contribution >= 4 is 17.3 Å². The molecule has 30 heavy (non-hydrogen) atoms. The summed E-state index contributed by atoms with van der Waals surface area (Å²) in [5.74, 6) is -1.72. The molecule has 0 spiro atoms. The number of hydrogen-bond acceptors (Lipinski definition) is 7. The number of aliphatic hydroxyl groups excluding tert-OH is 4. The fourth-order valence-corrected chi connectivity index (χ4v) is 4.28. The Kier molecular flexibility index (Phi) is 5.48. The monoisotopic (exact) mass is 433 g/mol. The van der Waals surface area contributed by atoms with Crippen molar-refractivity contribution in [3.63, 3.8) is 0 Å². The Morgan fingerprint density at radius 2 is 1.83 bits per heavy atom. The zero-order valence-electron chi connectivity index (χ0n) is 16.4. The van der Waals surface area contributed by atoms with Crippen LogP contribution in [-0.2, 0) is 21.7 Å². The van der Waals surface area contributed by atoms with Crippen LogP contribution >= 0.6 is 11.6 Å². The zero-order valence-corrected chi connectivity index (χ0v) is 17.1. The topological polar surface area (TPSA) is 123 Å². The van der Waals surface area contributed by atoms with E-state index < -0.39 is 36.3 Å². The summed E-state index contributed by atoms with van der Waals surface area (Å²) in [4.78, 5) is 0. The Hall–Kier alpha value is -1.84. The molecule has 5 N–H and O–H groups in total. The molecule has 0 aromatic heterocycles. The molecular weight excluding hydrogens is 410 g/mol. The highest BCUT2D eigenvalue weighted by Gasteiger charge is 2.67. The lowest BCUT2D eigenvalue weighted by molar-refractivity contribution is -0.329. The van der Waals surface area contributed by atoms with Crippen molar-refractivity contribution in [2.75, 3.05) is 13.2 Å². The van der Waals surface area contributed by atoms with Gasteiger partial charge in [0.1, 0.15) is 23.9 Å². The first kappa shape index (κ1) is 21.4. The van der Waals surface area contributed by atoms with Crippen LogP contribution in [-0.4, -0.2) is 63.3 Å². The SMILES string of the molecule is CC(=N)c1ccc(Cc2cc([C@]34OC[C@](CO)(O3)[C@@H](O)[C@H](O)[C@H]4O)ccc2Cl)cc1. The molecule has 2 saturated heterocycles. The van der Waals surface area contributed by atoms with Gasteiger partial charge in [0.2, 0.25) is 5.79 Å². The van der Waals surface area contributed by atoms with Crippen molar-refractivity contribution in [1.29, 1.82) is 5.41 Å². The third-order valence-electron chi connectivity index (χ3n) is 5.96. The Balaban J connectivity index is 1.68. The van der Waals surface area contributed by atoms with Crippen molar-refractivity contribution in [1.82, 2.24) is 0 Å². The van der Waals surface area contributed by atoms with Crippen LogP contribution in [0.4, 0.5) is 0 Å². The molecule has 2 bridgehead atoms. The Morgan fingerprint density at radius 1 is 1.13 bits per heavy atom. The summed E-state index contributed by atoms with van der Waals surface area (Å²) < 4.78 is 11.7. The Bertz CT molecular complexity index is 967. The van der Waals surface area contributed by atoms with E-state index in [9.17, 15) is 20.4 Å². The number of benzene rings is 2. The highest BCUT2D eigenvalue weighted by atomic mass is 35.5. The van der Waals surface area contributed by atoms with Crippen molar-refractivity contribution < 1.29 is 29.9 Å². The number of rotatable bonds is 5. The summed E-state index contributed by atoms with van der Waals surface area (Å²) in [6.07, 6.45) is -4.11. The Labute approximate surface area is 179 Å². The molecule has 2 aromatic rings. The van der Waals surface area contributed by atoms with Gasteiger partial charge in [-0.05, 0) is 42.2 Å². The van der Waals surface area contributed by atoms with Gasteiger partial charge in [-0.25, -0.2) is 0 Å². The Morgan fingerprint density at radius 3 is 2.47 bits per heavy atom. The first-order valence-electron chi connectivity index (χ1n) is 9.65. The van der Waals surface area contributed by atoms with Crippen LogP contribution in [0.1, 0.15) is 29.2 Å². The molecule has 2 aliphatic heterocycles. The summed E-state index contributed by atoms with van der Waals surface area (Å²) in [6.45, 7) is 0.976. The first-order valence-corrected chi connectivity index (χ1v) is 10.0. The lowest BCUT2D eigenvalue weighted by Gasteiger charge is -2.46. The summed E-state index contributed by atoms with van der Waals surface area (Å²) >= 11 is 6.40. The molecule has 5 atom stereocenters. The zero-order chi connectivity index (χ0) is 21.7. The van der Waals surface area contributed by atoms with Crippen LogP contribution in [0.5, 0.6) is 0 Å². The number of aliphatic hydroxyl groups is 4. The van der Waals surface area contributed by atoms with Crippen LogP contribution in [0.25, 0.3) is 0 Å². The third kappa shape index (κ3) is 3.27. The number of halogens is 1. The maximum atomic E-state index is 10.7. The van der Waals surface area contributed by atoms with Gasteiger partial charge in [0.25, 0.3) is 0 Å². The summed E-state index contributed by atoms with van der Waals surface area (Å²) in [6, 6.07) is 12.6. The van der Waals surface area contributed by atoms with E-state index in [0.717, 1.165) is 16.7 Å². The molecule has 0 radical (unpaired) electrons. The van der Waals surface area contributed by atoms with Crippen LogP contribution < -0.4 is 0 Å². The predicted molar refractivity (Wildman–Crippen MR) is 110 cm³/mol. The van der Waals surface area contributed by atoms with Gasteiger partial charge in [-0.3, -0.25) is 0 Å². The first-order chi connectivity index (χ1) is 14.2. The predicted octanol–water partition coefficient (Wildman–Crippen LogP) is 1.35. The maximum absolute atomic E-state index is 10.7. The van der Waals surface area contributed by atoms with Gasteiger partial charge in [0.05, 0.1) is 13.2 Å². The van der Waals surface area contributed by atoms with Gasteiger partial charge >= 0.3 is 0 Å². The average molecular weight is 434 g/mol. The third-order valence-corrected chi connectivity index (χ3v) is 6.33. The van der Waals surface area contributed by atoms with Crippen LogP contribution in [0.3, 0.4) is 0 Å². The van der Waals surface area contributed by atoms with E-state index in [-0.39, 0.29) is 6.61 Å². The fraction of sp³-hybridized carbons (Fsp3) is 0.409. The molecule has 4 rings (SSSR count). The normalized spacial score (nSPS) is 32.9. The van der Waals surface area contributed by atoms with Crippen molar-refractivity contribution in [3.8, 4) is 0 Å². The van der Waals surface area contributed by atoms with Gasteiger partial charge in [-0.1, -0.05) is 41.9 Å². The number of nitrogens with one attached hydrogen (secondary N) is 1. The smallest absolute Gasteiger partial charge is 0.225 e. The molecule has 2 aromatic carbocycles. The largest absolute Gasteiger partial charge is 0.393 e. The van der Waals surface area contributed by atoms with Gasteiger partial charge in [0, 0.05) is 16.3 Å². The lowest BCUT2D eigenvalue weighted by Crippen LogP contribution is -2.65. The van der Waals surface area contributed by atoms with E-state index >= 15 is 0 Å². The van der Waals surface area contributed by atoms with Crippen LogP contribution in [0.2, 0.25) is 5.02 Å². The highest BCUT2D eigenvalue weighted by molar-refractivity contribution is 6.31. The molecule has 160 valence electrons. The van der Waals surface area contributed by atoms with Gasteiger partial charge in [-0.15, -0.1) is 0 Å². The minimum atomic E-state index is -1.72. The van der Waals surface area contributed by atoms with Crippen molar-refractivity contribution in [2.24, 2.45) is 0 Å². The molecule has 0 aliphatic carbocycles. The minimum Gasteiger partial charge on any atom is -0.393 e. The molecule has 0 unspecified atom stereocenters. The molecule has 0 saturated carbocycles. The second-order valence-electron chi connectivity index (χ2n) is 7.97. The second-order valence-corrected chi connectivity index (χ2v) is 8.37. The van der Waals surface area contributed by atoms with E-state index in [0.29, 0.717) is 22.7 Å². The quantitative estimate of drug-likeness (QED) is 0.453. The fourth-order valence-electron chi connectivity index (χ4n) is 4.09. The molecule has 2 fully saturated rings. The van der Waals surface area contributed by atoms with E-state index in [1.807, 2.05) is 24.3 Å². The van der Waals surface area contributed by atoms with E-state index in [4.69, 9.17) is 26.5 Å². The summed E-state index contributed by atoms with van der Waals surface area (Å²) in [7, 11) is 0. The molecule has 0 amide bonds. The minimum absolute atomic E-state index is 0.179. The average Bonchev–Trinajstić information content (AvgIpc) is 3.13. The van der Waals surface area contributed by atoms with Gasteiger partial charge in [0.15, 0.2) is 0 Å². The lowest BCUT2D eigenvalue weighted by atomic mass is 9.83. The van der Waals surface area contributed by atoms with Crippen molar-refractivity contribution in [3.05, 3.63) is 69.7 Å². The number of hydrogen-bond donors (Lipinski definition) is 5. The molecular formula is C22H24ClNO6. The second kappa shape index (κ2) is 7.69. The van der Waals surface area contributed by atoms with E-state index in [2.05, 4.69) is 0 Å². The number of ether oxygens (including phenoxy) is 2. The molecule has 7 nitrogen and oxygen atoms in total. The standard InChI is InChI=1S/C22H24ClNO6/c1-12(24)14-4-2-13(3-5-14)8-15-9-16(6-7-17(15)23)22-20(28)18(26)19(27)21(10-25,30-22)11-29-22/h2-7,9,18-20,24-28H,8,10-11H2,1H3/t18-,19-,20+,21-,22-/m0/s1. The van der Waals surface area contributed by atoms with Crippen molar-refractivity contribution in [2.45, 2.75) is 43.0 Å². The summed E-state index contributed by atoms with van der Waals surface area (Å²) in [5, 5.41) is 49.3. The maximum Gasteiger partial charge on any atom is 0.225 e. The van der Waals surface area contributed by atoms with Crippen LogP contribution in [0, 0.1) is 5.41 Å².